The predicted octanol–water partition coefficient (Wildman–Crippen LogP) is 3.17. The number of amides is 1. The molecular weight excluding hydrogens is 232 g/mol. The molecule has 1 amide bonds. The molecule has 0 aliphatic carbocycles. The van der Waals surface area contributed by atoms with E-state index in [1.807, 2.05) is 13.8 Å². The summed E-state index contributed by atoms with van der Waals surface area (Å²) in [5.41, 5.74) is 9.33. The van der Waals surface area contributed by atoms with Gasteiger partial charge in [0.1, 0.15) is 5.75 Å². The van der Waals surface area contributed by atoms with Crippen molar-refractivity contribution in [2.24, 2.45) is 5.11 Å². The fraction of sp³-hybridized carbons (Fsp3) is 0.417. The summed E-state index contributed by atoms with van der Waals surface area (Å²) < 4.78 is 5.46. The lowest BCUT2D eigenvalue weighted by Crippen LogP contribution is -2.22. The van der Waals surface area contributed by atoms with Gasteiger partial charge >= 0.3 is 0 Å². The molecule has 0 atom stereocenters. The summed E-state index contributed by atoms with van der Waals surface area (Å²) in [6.07, 6.45) is 0.834. The van der Waals surface area contributed by atoms with E-state index in [4.69, 9.17) is 10.3 Å². The first-order chi connectivity index (χ1) is 8.72. The molecule has 1 N–H and O–H groups in total. The predicted molar refractivity (Wildman–Crippen MR) is 69.0 cm³/mol. The molecule has 0 aromatic heterocycles. The third-order valence-corrected chi connectivity index (χ3v) is 2.17. The molecule has 1 aromatic carbocycles. The first kappa shape index (κ1) is 13.9. The molecule has 6 heteroatoms. The Hall–Kier alpha value is -2.20. The Morgan fingerprint density at radius 3 is 2.89 bits per heavy atom. The van der Waals surface area contributed by atoms with Crippen molar-refractivity contribution in [1.82, 2.24) is 5.32 Å². The van der Waals surface area contributed by atoms with E-state index in [0.717, 1.165) is 6.42 Å². The second-order valence-electron chi connectivity index (χ2n) is 3.58. The number of azide groups is 1. The third-order valence-electron chi connectivity index (χ3n) is 2.17. The van der Waals surface area contributed by atoms with Gasteiger partial charge in [-0.25, -0.2) is 0 Å². The molecule has 0 heterocycles. The highest BCUT2D eigenvalue weighted by Gasteiger charge is 2.09. The van der Waals surface area contributed by atoms with Gasteiger partial charge in [0.2, 0.25) is 0 Å². The molecule has 0 spiro atoms. The van der Waals surface area contributed by atoms with Gasteiger partial charge < -0.3 is 10.1 Å². The summed E-state index contributed by atoms with van der Waals surface area (Å²) in [6, 6.07) is 4.77. The van der Waals surface area contributed by atoms with Crippen LogP contribution in [0.3, 0.4) is 0 Å². The molecule has 6 nitrogen and oxygen atoms in total. The number of hydrogen-bond donors (Lipinski definition) is 1. The average molecular weight is 248 g/mol. The SMILES string of the molecule is CCCOc1cc(C(=O)NCC)ccc1N=[N+]=[N-]. The lowest BCUT2D eigenvalue weighted by atomic mass is 10.2. The van der Waals surface area contributed by atoms with Crippen molar-refractivity contribution in [1.29, 1.82) is 0 Å². The molecule has 18 heavy (non-hydrogen) atoms. The van der Waals surface area contributed by atoms with Crippen LogP contribution >= 0.6 is 0 Å². The maximum atomic E-state index is 11.7. The fourth-order valence-corrected chi connectivity index (χ4v) is 1.38. The number of carbonyl (C=O) groups is 1. The summed E-state index contributed by atoms with van der Waals surface area (Å²) >= 11 is 0. The highest BCUT2D eigenvalue weighted by Crippen LogP contribution is 2.29. The summed E-state index contributed by atoms with van der Waals surface area (Å²) in [7, 11) is 0. The van der Waals surface area contributed by atoms with Crippen molar-refractivity contribution in [2.45, 2.75) is 20.3 Å². The summed E-state index contributed by atoms with van der Waals surface area (Å²) in [4.78, 5) is 14.4. The molecule has 0 aliphatic rings. The molecule has 1 rings (SSSR count). The Morgan fingerprint density at radius 2 is 2.28 bits per heavy atom. The Bertz CT molecular complexity index is 467. The van der Waals surface area contributed by atoms with Crippen molar-refractivity contribution in [3.8, 4) is 5.75 Å². The van der Waals surface area contributed by atoms with Crippen LogP contribution in [0.25, 0.3) is 10.4 Å². The van der Waals surface area contributed by atoms with E-state index in [1.54, 1.807) is 18.2 Å². The van der Waals surface area contributed by atoms with Gasteiger partial charge in [-0.3, -0.25) is 4.79 Å². The van der Waals surface area contributed by atoms with Crippen LogP contribution in [0.4, 0.5) is 5.69 Å². The van der Waals surface area contributed by atoms with Crippen LogP contribution in [0, 0.1) is 0 Å². The minimum Gasteiger partial charge on any atom is -0.493 e. The zero-order valence-corrected chi connectivity index (χ0v) is 10.5. The third kappa shape index (κ3) is 3.68. The van der Waals surface area contributed by atoms with Crippen LogP contribution in [0.1, 0.15) is 30.6 Å². The minimum atomic E-state index is -0.175. The van der Waals surface area contributed by atoms with Crippen LogP contribution in [0.2, 0.25) is 0 Å². The van der Waals surface area contributed by atoms with E-state index in [2.05, 4.69) is 15.3 Å². The second-order valence-corrected chi connectivity index (χ2v) is 3.58. The van der Waals surface area contributed by atoms with E-state index in [1.165, 1.54) is 0 Å². The zero-order valence-electron chi connectivity index (χ0n) is 10.5. The second kappa shape index (κ2) is 7.19. The Labute approximate surface area is 106 Å². The molecule has 0 saturated heterocycles. The number of rotatable bonds is 6. The summed E-state index contributed by atoms with van der Waals surface area (Å²) in [6.45, 7) is 4.89. The fourth-order valence-electron chi connectivity index (χ4n) is 1.38. The van der Waals surface area contributed by atoms with Crippen LogP contribution in [0.15, 0.2) is 23.3 Å². The minimum absolute atomic E-state index is 0.175. The quantitative estimate of drug-likeness (QED) is 0.476. The van der Waals surface area contributed by atoms with Crippen molar-refractivity contribution in [3.05, 3.63) is 34.2 Å². The Kier molecular flexibility index (Phi) is 5.54. The molecule has 0 bridgehead atoms. The van der Waals surface area contributed by atoms with E-state index < -0.39 is 0 Å². The maximum Gasteiger partial charge on any atom is 0.251 e. The van der Waals surface area contributed by atoms with Gasteiger partial charge in [-0.1, -0.05) is 12.0 Å². The summed E-state index contributed by atoms with van der Waals surface area (Å²) in [5.74, 6) is 0.254. The van der Waals surface area contributed by atoms with Crippen LogP contribution in [-0.2, 0) is 0 Å². The zero-order chi connectivity index (χ0) is 13.4. The van der Waals surface area contributed by atoms with Crippen LogP contribution < -0.4 is 10.1 Å². The molecule has 0 unspecified atom stereocenters. The molecule has 0 saturated carbocycles. The normalized spacial score (nSPS) is 9.44. The highest BCUT2D eigenvalue weighted by atomic mass is 16.5. The van der Waals surface area contributed by atoms with E-state index >= 15 is 0 Å². The van der Waals surface area contributed by atoms with Gasteiger partial charge in [-0.2, -0.15) is 0 Å². The largest absolute Gasteiger partial charge is 0.493 e. The lowest BCUT2D eigenvalue weighted by Gasteiger charge is -2.09. The van der Waals surface area contributed by atoms with E-state index in [9.17, 15) is 4.79 Å². The molecule has 0 aliphatic heterocycles. The molecule has 0 radical (unpaired) electrons. The number of hydrogen-bond acceptors (Lipinski definition) is 3. The van der Waals surface area contributed by atoms with Gasteiger partial charge in [-0.05, 0) is 37.1 Å². The number of nitrogens with one attached hydrogen (secondary N) is 1. The lowest BCUT2D eigenvalue weighted by molar-refractivity contribution is 0.0955. The molecular formula is C12H16N4O2. The molecule has 0 fully saturated rings. The van der Waals surface area contributed by atoms with Crippen LogP contribution in [-0.4, -0.2) is 19.1 Å². The monoisotopic (exact) mass is 248 g/mol. The number of ether oxygens (including phenoxy) is 1. The smallest absolute Gasteiger partial charge is 0.251 e. The topological polar surface area (TPSA) is 87.1 Å². The van der Waals surface area contributed by atoms with Gasteiger partial charge in [0.25, 0.3) is 5.91 Å². The Balaban J connectivity index is 3.03. The van der Waals surface area contributed by atoms with Gasteiger partial charge in [0.15, 0.2) is 0 Å². The van der Waals surface area contributed by atoms with Crippen molar-refractivity contribution in [3.63, 3.8) is 0 Å². The van der Waals surface area contributed by atoms with Crippen molar-refractivity contribution in [2.75, 3.05) is 13.2 Å². The average Bonchev–Trinajstić information content (AvgIpc) is 2.38. The van der Waals surface area contributed by atoms with Gasteiger partial charge in [-0.15, -0.1) is 0 Å². The number of benzene rings is 1. The number of nitrogens with zero attached hydrogens (tertiary/aromatic N) is 3. The van der Waals surface area contributed by atoms with Crippen molar-refractivity contribution >= 4 is 11.6 Å². The van der Waals surface area contributed by atoms with Crippen LogP contribution in [0.5, 0.6) is 5.75 Å². The highest BCUT2D eigenvalue weighted by molar-refractivity contribution is 5.95. The van der Waals surface area contributed by atoms with E-state index in [0.29, 0.717) is 30.2 Å². The van der Waals surface area contributed by atoms with Gasteiger partial charge in [0, 0.05) is 17.0 Å². The first-order valence-electron chi connectivity index (χ1n) is 5.83. The summed E-state index contributed by atoms with van der Waals surface area (Å²) in [5, 5.41) is 6.23. The first-order valence-corrected chi connectivity index (χ1v) is 5.83. The van der Waals surface area contributed by atoms with Crippen molar-refractivity contribution < 1.29 is 9.53 Å². The number of carbonyl (C=O) groups excluding carboxylic acids is 1. The molecule has 1 aromatic rings. The van der Waals surface area contributed by atoms with Gasteiger partial charge in [0.05, 0.1) is 12.3 Å². The van der Waals surface area contributed by atoms with E-state index in [-0.39, 0.29) is 5.91 Å². The maximum absolute atomic E-state index is 11.7. The Morgan fingerprint density at radius 1 is 1.50 bits per heavy atom. The standard InChI is InChI=1S/C12H16N4O2/c1-3-7-18-11-8-9(12(17)14-4-2)5-6-10(11)15-16-13/h5-6,8H,3-4,7H2,1-2H3,(H,14,17). The molecule has 96 valence electrons.